The van der Waals surface area contributed by atoms with Crippen molar-refractivity contribution in [3.63, 3.8) is 0 Å². The van der Waals surface area contributed by atoms with Gasteiger partial charge in [-0.15, -0.1) is 0 Å². The molecule has 0 amide bonds. The van der Waals surface area contributed by atoms with Gasteiger partial charge in [0.25, 0.3) is 0 Å². The molecule has 0 aromatic heterocycles. The van der Waals surface area contributed by atoms with Crippen molar-refractivity contribution in [3.8, 4) is 0 Å². The molecule has 1 aromatic rings. The summed E-state index contributed by atoms with van der Waals surface area (Å²) < 4.78 is 51.8. The molecule has 0 spiro atoms. The fourth-order valence-corrected chi connectivity index (χ4v) is 2.56. The van der Waals surface area contributed by atoms with E-state index in [0.29, 0.717) is 24.7 Å². The molecule has 1 N–H and O–H groups in total. The quantitative estimate of drug-likeness (QED) is 0.839. The molecule has 0 radical (unpaired) electrons. The zero-order valence-corrected chi connectivity index (χ0v) is 12.2. The molecule has 1 aliphatic heterocycles. The van der Waals surface area contributed by atoms with Gasteiger partial charge in [0.05, 0.1) is 5.56 Å². The number of rotatable bonds is 2. The van der Waals surface area contributed by atoms with Gasteiger partial charge in [-0.1, -0.05) is 13.8 Å². The van der Waals surface area contributed by atoms with E-state index < -0.39 is 17.6 Å². The summed E-state index contributed by atoms with van der Waals surface area (Å²) in [5.74, 6) is -0.840. The SMILES string of the molecule is CC(C)C1CN(c2ccc(F)c(C(F)(F)F)c2)CCCN1. The first-order valence-electron chi connectivity index (χ1n) is 7.14. The maximum Gasteiger partial charge on any atom is 0.419 e. The first-order valence-corrected chi connectivity index (χ1v) is 7.14. The zero-order valence-electron chi connectivity index (χ0n) is 12.2. The summed E-state index contributed by atoms with van der Waals surface area (Å²) in [6.07, 6.45) is -3.82. The molecule has 1 unspecified atom stereocenters. The molecule has 1 aromatic carbocycles. The smallest absolute Gasteiger partial charge is 0.370 e. The van der Waals surface area contributed by atoms with Crippen LogP contribution in [0, 0.1) is 11.7 Å². The second-order valence-electron chi connectivity index (χ2n) is 5.77. The van der Waals surface area contributed by atoms with Crippen molar-refractivity contribution < 1.29 is 17.6 Å². The molecule has 0 saturated carbocycles. The third-order valence-corrected chi connectivity index (χ3v) is 3.85. The van der Waals surface area contributed by atoms with E-state index in [1.54, 1.807) is 0 Å². The van der Waals surface area contributed by atoms with Gasteiger partial charge in [0.1, 0.15) is 5.82 Å². The van der Waals surface area contributed by atoms with E-state index >= 15 is 0 Å². The molecule has 0 aliphatic carbocycles. The van der Waals surface area contributed by atoms with Crippen molar-refractivity contribution in [1.82, 2.24) is 5.32 Å². The van der Waals surface area contributed by atoms with Gasteiger partial charge in [0.2, 0.25) is 0 Å². The van der Waals surface area contributed by atoms with Crippen LogP contribution in [0.5, 0.6) is 0 Å². The van der Waals surface area contributed by atoms with Crippen LogP contribution in [0.15, 0.2) is 18.2 Å². The van der Waals surface area contributed by atoms with Gasteiger partial charge < -0.3 is 10.2 Å². The first-order chi connectivity index (χ1) is 9.79. The Labute approximate surface area is 122 Å². The Hall–Kier alpha value is -1.30. The van der Waals surface area contributed by atoms with E-state index in [4.69, 9.17) is 0 Å². The molecule has 0 bridgehead atoms. The molecule has 2 nitrogen and oxygen atoms in total. The van der Waals surface area contributed by atoms with Crippen molar-refractivity contribution in [1.29, 1.82) is 0 Å². The number of nitrogens with zero attached hydrogens (tertiary/aromatic N) is 1. The van der Waals surface area contributed by atoms with Crippen LogP contribution < -0.4 is 10.2 Å². The van der Waals surface area contributed by atoms with Gasteiger partial charge in [0.15, 0.2) is 0 Å². The number of benzene rings is 1. The Kier molecular flexibility index (Phi) is 4.76. The molecule has 1 saturated heterocycles. The largest absolute Gasteiger partial charge is 0.419 e. The van der Waals surface area contributed by atoms with Gasteiger partial charge in [-0.05, 0) is 37.1 Å². The summed E-state index contributed by atoms with van der Waals surface area (Å²) in [6.45, 7) is 6.28. The van der Waals surface area contributed by atoms with Crippen LogP contribution in [0.4, 0.5) is 23.2 Å². The molecular formula is C15H20F4N2. The van der Waals surface area contributed by atoms with Gasteiger partial charge >= 0.3 is 6.18 Å². The third kappa shape index (κ3) is 3.87. The number of hydrogen-bond donors (Lipinski definition) is 1. The minimum atomic E-state index is -4.67. The molecule has 1 atom stereocenters. The topological polar surface area (TPSA) is 15.3 Å². The van der Waals surface area contributed by atoms with Crippen molar-refractivity contribution in [2.75, 3.05) is 24.5 Å². The summed E-state index contributed by atoms with van der Waals surface area (Å²) in [5, 5.41) is 3.40. The van der Waals surface area contributed by atoms with Crippen molar-refractivity contribution in [3.05, 3.63) is 29.6 Å². The predicted octanol–water partition coefficient (Wildman–Crippen LogP) is 3.67. The van der Waals surface area contributed by atoms with Gasteiger partial charge in [-0.3, -0.25) is 0 Å². The number of hydrogen-bond acceptors (Lipinski definition) is 2. The zero-order chi connectivity index (χ0) is 15.6. The summed E-state index contributed by atoms with van der Waals surface area (Å²) in [6, 6.07) is 3.46. The minimum absolute atomic E-state index is 0.215. The van der Waals surface area contributed by atoms with Crippen LogP contribution in [0.2, 0.25) is 0 Å². The number of anilines is 1. The minimum Gasteiger partial charge on any atom is -0.370 e. The Morgan fingerprint density at radius 1 is 1.29 bits per heavy atom. The number of alkyl halides is 3. The molecule has 6 heteroatoms. The summed E-state index contributed by atoms with van der Waals surface area (Å²) >= 11 is 0. The monoisotopic (exact) mass is 304 g/mol. The van der Waals surface area contributed by atoms with Crippen molar-refractivity contribution in [2.45, 2.75) is 32.5 Å². The van der Waals surface area contributed by atoms with Gasteiger partial charge in [-0.2, -0.15) is 13.2 Å². The normalized spacial score (nSPS) is 20.7. The van der Waals surface area contributed by atoms with E-state index in [2.05, 4.69) is 19.2 Å². The maximum absolute atomic E-state index is 13.4. The molecule has 21 heavy (non-hydrogen) atoms. The lowest BCUT2D eigenvalue weighted by molar-refractivity contribution is -0.139. The lowest BCUT2D eigenvalue weighted by atomic mass is 10.0. The Bertz CT molecular complexity index is 485. The fraction of sp³-hybridized carbons (Fsp3) is 0.600. The summed E-state index contributed by atoms with van der Waals surface area (Å²) in [4.78, 5) is 1.90. The van der Waals surface area contributed by atoms with Crippen LogP contribution in [-0.2, 0) is 6.18 Å². The summed E-state index contributed by atoms with van der Waals surface area (Å²) in [7, 11) is 0. The average Bonchev–Trinajstić information content (AvgIpc) is 2.63. The molecular weight excluding hydrogens is 284 g/mol. The van der Waals surface area contributed by atoms with E-state index in [9.17, 15) is 17.6 Å². The van der Waals surface area contributed by atoms with Crippen LogP contribution in [0.3, 0.4) is 0 Å². The fourth-order valence-electron chi connectivity index (χ4n) is 2.56. The van der Waals surface area contributed by atoms with E-state index in [-0.39, 0.29) is 6.04 Å². The first kappa shape index (κ1) is 16.1. The predicted molar refractivity (Wildman–Crippen MR) is 74.9 cm³/mol. The van der Waals surface area contributed by atoms with Crippen molar-refractivity contribution >= 4 is 5.69 Å². The molecule has 1 heterocycles. The van der Waals surface area contributed by atoms with Gasteiger partial charge in [-0.25, -0.2) is 4.39 Å². The molecule has 1 fully saturated rings. The van der Waals surface area contributed by atoms with Gasteiger partial charge in [0, 0.05) is 24.8 Å². The maximum atomic E-state index is 13.4. The average molecular weight is 304 g/mol. The standard InChI is InChI=1S/C15H20F4N2/c1-10(2)14-9-21(7-3-6-20-14)11-4-5-13(16)12(8-11)15(17,18)19/h4-5,8,10,14,20H,3,6-7,9H2,1-2H3. The van der Waals surface area contributed by atoms with Crippen LogP contribution in [-0.4, -0.2) is 25.7 Å². The Morgan fingerprint density at radius 3 is 2.62 bits per heavy atom. The molecule has 2 rings (SSSR count). The highest BCUT2D eigenvalue weighted by Crippen LogP contribution is 2.34. The molecule has 118 valence electrons. The van der Waals surface area contributed by atoms with Crippen molar-refractivity contribution in [2.24, 2.45) is 5.92 Å². The van der Waals surface area contributed by atoms with Crippen LogP contribution in [0.25, 0.3) is 0 Å². The second kappa shape index (κ2) is 6.22. The number of halogens is 4. The lowest BCUT2D eigenvalue weighted by Crippen LogP contribution is -2.41. The Balaban J connectivity index is 2.28. The molecule has 1 aliphatic rings. The van der Waals surface area contributed by atoms with E-state index in [1.165, 1.54) is 6.07 Å². The van der Waals surface area contributed by atoms with Crippen LogP contribution in [0.1, 0.15) is 25.8 Å². The van der Waals surface area contributed by atoms with Crippen LogP contribution >= 0.6 is 0 Å². The van der Waals surface area contributed by atoms with E-state index in [1.807, 2.05) is 4.90 Å². The highest BCUT2D eigenvalue weighted by Gasteiger charge is 2.34. The highest BCUT2D eigenvalue weighted by molar-refractivity contribution is 5.50. The summed E-state index contributed by atoms with van der Waals surface area (Å²) in [5.41, 5.74) is -0.767. The second-order valence-corrected chi connectivity index (χ2v) is 5.77. The van der Waals surface area contributed by atoms with E-state index in [0.717, 1.165) is 25.1 Å². The number of nitrogens with one attached hydrogen (secondary N) is 1. The Morgan fingerprint density at radius 2 is 2.00 bits per heavy atom. The highest BCUT2D eigenvalue weighted by atomic mass is 19.4. The third-order valence-electron chi connectivity index (χ3n) is 3.85. The lowest BCUT2D eigenvalue weighted by Gasteiger charge is -2.29.